The number of fused-ring (bicyclic) bond motifs is 1. The summed E-state index contributed by atoms with van der Waals surface area (Å²) in [6.07, 6.45) is 4.11. The summed E-state index contributed by atoms with van der Waals surface area (Å²) in [6.45, 7) is 4.01. The second-order valence-corrected chi connectivity index (χ2v) is 9.14. The molecule has 0 aliphatic carbocycles. The van der Waals surface area contributed by atoms with E-state index in [0.717, 1.165) is 41.9 Å². The fourth-order valence-electron chi connectivity index (χ4n) is 3.15. The zero-order chi connectivity index (χ0) is 18.6. The number of rotatable bonds is 6. The van der Waals surface area contributed by atoms with Crippen molar-refractivity contribution in [3.8, 4) is 0 Å². The second kappa shape index (κ2) is 8.11. The summed E-state index contributed by atoms with van der Waals surface area (Å²) in [4.78, 5) is 22.7. The molecule has 1 unspecified atom stereocenters. The van der Waals surface area contributed by atoms with Crippen LogP contribution in [0.5, 0.6) is 0 Å². The molecular formula is C19H22AsN5O2. The van der Waals surface area contributed by atoms with Crippen molar-refractivity contribution in [3.05, 3.63) is 42.7 Å². The minimum absolute atomic E-state index is 0.306. The normalized spacial score (nSPS) is 15.0. The van der Waals surface area contributed by atoms with E-state index in [2.05, 4.69) is 34.1 Å². The molecule has 1 aromatic carbocycles. The van der Waals surface area contributed by atoms with Crippen molar-refractivity contribution in [1.29, 1.82) is 0 Å². The number of nitrogens with two attached hydrogens (primary N) is 1. The molecule has 4 rings (SSSR count). The Labute approximate surface area is 164 Å². The molecular weight excluding hydrogens is 405 g/mol. The van der Waals surface area contributed by atoms with E-state index in [-0.39, 0.29) is 5.91 Å². The zero-order valence-electron chi connectivity index (χ0n) is 15.0. The molecule has 0 bridgehead atoms. The average molecular weight is 427 g/mol. The number of morpholine rings is 1. The molecule has 27 heavy (non-hydrogen) atoms. The van der Waals surface area contributed by atoms with E-state index >= 15 is 0 Å². The van der Waals surface area contributed by atoms with Gasteiger partial charge < -0.3 is 0 Å². The van der Waals surface area contributed by atoms with Gasteiger partial charge in [0.15, 0.2) is 0 Å². The predicted molar refractivity (Wildman–Crippen MR) is 107 cm³/mol. The van der Waals surface area contributed by atoms with Gasteiger partial charge >= 0.3 is 164 Å². The Balaban J connectivity index is 1.49. The summed E-state index contributed by atoms with van der Waals surface area (Å²) < 4.78 is 9.57. The topological polar surface area (TPSA) is 86.3 Å². The van der Waals surface area contributed by atoms with Gasteiger partial charge in [-0.3, -0.25) is 0 Å². The molecule has 8 heteroatoms. The molecule has 1 fully saturated rings. The van der Waals surface area contributed by atoms with E-state index in [1.807, 2.05) is 23.0 Å². The van der Waals surface area contributed by atoms with Crippen LogP contribution in [0.2, 0.25) is 0 Å². The minimum atomic E-state index is -0.618. The number of hydrogen-bond acceptors (Lipinski definition) is 5. The molecule has 3 aromatic rings. The number of amides is 1. The molecule has 0 saturated carbocycles. The van der Waals surface area contributed by atoms with Crippen molar-refractivity contribution in [2.45, 2.75) is 13.0 Å². The fourth-order valence-corrected chi connectivity index (χ4v) is 5.00. The second-order valence-electron chi connectivity index (χ2n) is 6.47. The van der Waals surface area contributed by atoms with E-state index in [0.29, 0.717) is 13.0 Å². The van der Waals surface area contributed by atoms with Crippen molar-refractivity contribution < 1.29 is 9.53 Å². The first-order valence-corrected chi connectivity index (χ1v) is 11.1. The standard InChI is InChI=1S/C19H22AsN5O2/c21-17(26)6-8-25-7-5-14-13-22-19(23-18(14)25)20-15-1-3-16(4-2-15)24-9-11-27-12-10-24/h1-5,7,13,20H,6,8-12H2,(H2,21,26). The number of carbonyl (C=O) groups excluding carboxylic acids is 1. The zero-order valence-corrected chi connectivity index (χ0v) is 17.1. The van der Waals surface area contributed by atoms with Gasteiger partial charge in [0, 0.05) is 0 Å². The number of benzene rings is 1. The van der Waals surface area contributed by atoms with E-state index < -0.39 is 15.8 Å². The van der Waals surface area contributed by atoms with Crippen LogP contribution in [-0.2, 0) is 16.1 Å². The van der Waals surface area contributed by atoms with Gasteiger partial charge in [-0.25, -0.2) is 0 Å². The van der Waals surface area contributed by atoms with Crippen LogP contribution in [-0.4, -0.2) is 62.5 Å². The third kappa shape index (κ3) is 4.31. The summed E-state index contributed by atoms with van der Waals surface area (Å²) in [6, 6.07) is 10.7. The van der Waals surface area contributed by atoms with Crippen molar-refractivity contribution >= 4 is 47.3 Å². The summed E-state index contributed by atoms with van der Waals surface area (Å²) >= 11 is -0.618. The summed E-state index contributed by atoms with van der Waals surface area (Å²) in [5, 5.41) is 0.984. The SMILES string of the molecule is NC(=O)CCn1ccc2cnc([AsH]c3ccc(N4CCOCC4)cc3)nc21. The van der Waals surface area contributed by atoms with Gasteiger partial charge in [-0.15, -0.1) is 0 Å². The third-order valence-corrected chi connectivity index (χ3v) is 6.88. The van der Waals surface area contributed by atoms with Crippen LogP contribution in [0.4, 0.5) is 5.69 Å². The molecule has 2 N–H and O–H groups in total. The van der Waals surface area contributed by atoms with Crippen LogP contribution in [0.3, 0.4) is 0 Å². The van der Waals surface area contributed by atoms with Crippen LogP contribution in [0.1, 0.15) is 6.42 Å². The van der Waals surface area contributed by atoms with E-state index in [1.165, 1.54) is 10.0 Å². The van der Waals surface area contributed by atoms with Gasteiger partial charge in [0.25, 0.3) is 0 Å². The van der Waals surface area contributed by atoms with E-state index in [9.17, 15) is 4.79 Å². The molecule has 3 heterocycles. The Hall–Kier alpha value is -2.37. The number of anilines is 1. The monoisotopic (exact) mass is 427 g/mol. The van der Waals surface area contributed by atoms with Crippen molar-refractivity contribution in [2.24, 2.45) is 5.73 Å². The molecule has 1 amide bonds. The van der Waals surface area contributed by atoms with Crippen LogP contribution < -0.4 is 19.6 Å². The Kier molecular flexibility index (Phi) is 5.41. The van der Waals surface area contributed by atoms with Crippen molar-refractivity contribution in [2.75, 3.05) is 31.2 Å². The number of aryl methyl sites for hydroxylation is 1. The third-order valence-electron chi connectivity index (χ3n) is 4.60. The quantitative estimate of drug-likeness (QED) is 0.538. The maximum absolute atomic E-state index is 11.1. The first-order valence-electron chi connectivity index (χ1n) is 8.99. The number of nitrogens with zero attached hydrogens (tertiary/aromatic N) is 4. The van der Waals surface area contributed by atoms with Crippen molar-refractivity contribution in [1.82, 2.24) is 14.5 Å². The van der Waals surface area contributed by atoms with E-state index in [4.69, 9.17) is 15.5 Å². The molecule has 2 aromatic heterocycles. The molecule has 1 saturated heterocycles. The van der Waals surface area contributed by atoms with Crippen LogP contribution >= 0.6 is 0 Å². The maximum atomic E-state index is 11.1. The first-order chi connectivity index (χ1) is 13.2. The molecule has 0 radical (unpaired) electrons. The summed E-state index contributed by atoms with van der Waals surface area (Å²) in [5.41, 5.74) is 7.37. The Bertz CT molecular complexity index is 935. The molecule has 7 nitrogen and oxygen atoms in total. The Morgan fingerprint density at radius 1 is 1.19 bits per heavy atom. The molecule has 140 valence electrons. The van der Waals surface area contributed by atoms with Gasteiger partial charge in [-0.1, -0.05) is 0 Å². The van der Waals surface area contributed by atoms with Gasteiger partial charge in [0.2, 0.25) is 0 Å². The van der Waals surface area contributed by atoms with Gasteiger partial charge in [0.05, 0.1) is 0 Å². The van der Waals surface area contributed by atoms with Gasteiger partial charge in [-0.2, -0.15) is 0 Å². The van der Waals surface area contributed by atoms with Gasteiger partial charge in [-0.05, 0) is 0 Å². The number of ether oxygens (including phenoxy) is 1. The number of primary amides is 1. The van der Waals surface area contributed by atoms with Crippen LogP contribution in [0.25, 0.3) is 11.0 Å². The molecule has 1 aliphatic heterocycles. The Morgan fingerprint density at radius 2 is 1.96 bits per heavy atom. The first kappa shape index (κ1) is 18.0. The predicted octanol–water partition coefficient (Wildman–Crippen LogP) is -0.469. The molecule has 1 aliphatic rings. The summed E-state index contributed by atoms with van der Waals surface area (Å²) in [5.74, 6) is -0.306. The summed E-state index contributed by atoms with van der Waals surface area (Å²) in [7, 11) is 0. The van der Waals surface area contributed by atoms with Crippen molar-refractivity contribution in [3.63, 3.8) is 0 Å². The molecule has 1 atom stereocenters. The van der Waals surface area contributed by atoms with E-state index in [1.54, 1.807) is 0 Å². The van der Waals surface area contributed by atoms with Gasteiger partial charge in [0.1, 0.15) is 0 Å². The molecule has 0 spiro atoms. The number of hydrogen-bond donors (Lipinski definition) is 1. The average Bonchev–Trinajstić information content (AvgIpc) is 3.10. The Morgan fingerprint density at radius 3 is 2.70 bits per heavy atom. The fraction of sp³-hybridized carbons (Fsp3) is 0.316. The number of carbonyl (C=O) groups is 1. The van der Waals surface area contributed by atoms with Crippen LogP contribution in [0, 0.1) is 0 Å². The van der Waals surface area contributed by atoms with Crippen LogP contribution in [0.15, 0.2) is 42.7 Å². The number of aromatic nitrogens is 3.